The summed E-state index contributed by atoms with van der Waals surface area (Å²) in [6.07, 6.45) is 3.02. The fourth-order valence-electron chi connectivity index (χ4n) is 1.30. The average molecular weight is 252 g/mol. The Morgan fingerprint density at radius 1 is 1.53 bits per heavy atom. The van der Waals surface area contributed by atoms with Crippen molar-refractivity contribution in [2.75, 3.05) is 12.3 Å². The molecule has 0 atom stereocenters. The third kappa shape index (κ3) is 3.28. The molecule has 3 N–H and O–H groups in total. The van der Waals surface area contributed by atoms with Crippen molar-refractivity contribution in [3.05, 3.63) is 29.2 Å². The van der Waals surface area contributed by atoms with Crippen LogP contribution in [0.15, 0.2) is 22.8 Å². The molecule has 2 heterocycles. The fourth-order valence-corrected chi connectivity index (χ4v) is 1.96. The minimum absolute atomic E-state index is 0.202. The second-order valence-electron chi connectivity index (χ2n) is 3.37. The van der Waals surface area contributed by atoms with Gasteiger partial charge in [-0.15, -0.1) is 10.2 Å². The SMILES string of the molecule is Nc1nnc(CCCNC(=O)c2ccco2)s1. The van der Waals surface area contributed by atoms with E-state index in [1.807, 2.05) is 0 Å². The lowest BCUT2D eigenvalue weighted by Gasteiger charge is -2.01. The number of furan rings is 1. The largest absolute Gasteiger partial charge is 0.459 e. The van der Waals surface area contributed by atoms with Crippen LogP contribution < -0.4 is 11.1 Å². The number of nitrogens with two attached hydrogens (primary N) is 1. The summed E-state index contributed by atoms with van der Waals surface area (Å²) >= 11 is 1.37. The van der Waals surface area contributed by atoms with Gasteiger partial charge in [-0.1, -0.05) is 11.3 Å². The van der Waals surface area contributed by atoms with Gasteiger partial charge in [0.05, 0.1) is 6.26 Å². The van der Waals surface area contributed by atoms with Gasteiger partial charge < -0.3 is 15.5 Å². The quantitative estimate of drug-likeness (QED) is 0.776. The van der Waals surface area contributed by atoms with Crippen molar-refractivity contribution in [3.63, 3.8) is 0 Å². The Morgan fingerprint density at radius 2 is 2.41 bits per heavy atom. The van der Waals surface area contributed by atoms with Gasteiger partial charge in [-0.05, 0) is 18.6 Å². The summed E-state index contributed by atoms with van der Waals surface area (Å²) in [5.74, 6) is 0.122. The number of aryl methyl sites for hydroxylation is 1. The van der Waals surface area contributed by atoms with Crippen LogP contribution in [0.3, 0.4) is 0 Å². The van der Waals surface area contributed by atoms with E-state index in [-0.39, 0.29) is 5.91 Å². The van der Waals surface area contributed by atoms with E-state index in [4.69, 9.17) is 10.2 Å². The molecule has 2 rings (SSSR count). The number of hydrogen-bond donors (Lipinski definition) is 2. The Morgan fingerprint density at radius 3 is 3.06 bits per heavy atom. The van der Waals surface area contributed by atoms with Crippen molar-refractivity contribution in [2.24, 2.45) is 0 Å². The summed E-state index contributed by atoms with van der Waals surface area (Å²) in [5.41, 5.74) is 5.46. The lowest BCUT2D eigenvalue weighted by Crippen LogP contribution is -2.24. The monoisotopic (exact) mass is 252 g/mol. The van der Waals surface area contributed by atoms with Crippen LogP contribution in [0.25, 0.3) is 0 Å². The van der Waals surface area contributed by atoms with Crippen LogP contribution in [0, 0.1) is 0 Å². The highest BCUT2D eigenvalue weighted by Gasteiger charge is 2.07. The van der Waals surface area contributed by atoms with Gasteiger partial charge in [-0.25, -0.2) is 0 Å². The van der Waals surface area contributed by atoms with Crippen molar-refractivity contribution in [2.45, 2.75) is 12.8 Å². The minimum Gasteiger partial charge on any atom is -0.459 e. The maximum atomic E-state index is 11.5. The van der Waals surface area contributed by atoms with E-state index in [9.17, 15) is 4.79 Å². The maximum absolute atomic E-state index is 11.5. The first-order valence-electron chi connectivity index (χ1n) is 5.15. The average Bonchev–Trinajstić information content (AvgIpc) is 2.95. The van der Waals surface area contributed by atoms with E-state index in [0.717, 1.165) is 17.8 Å². The summed E-state index contributed by atoms with van der Waals surface area (Å²) in [6, 6.07) is 3.31. The number of carbonyl (C=O) groups is 1. The first-order valence-corrected chi connectivity index (χ1v) is 5.97. The van der Waals surface area contributed by atoms with Gasteiger partial charge in [-0.3, -0.25) is 4.79 Å². The molecule has 2 aromatic rings. The normalized spacial score (nSPS) is 10.4. The third-order valence-electron chi connectivity index (χ3n) is 2.08. The number of anilines is 1. The predicted octanol–water partition coefficient (Wildman–Crippen LogP) is 1.08. The molecule has 0 unspecified atom stereocenters. The van der Waals surface area contributed by atoms with Gasteiger partial charge in [0, 0.05) is 13.0 Å². The number of carbonyl (C=O) groups excluding carboxylic acids is 1. The van der Waals surface area contributed by atoms with Gasteiger partial charge in [0.15, 0.2) is 5.76 Å². The van der Waals surface area contributed by atoms with E-state index in [1.165, 1.54) is 17.6 Å². The van der Waals surface area contributed by atoms with Crippen molar-refractivity contribution in [1.29, 1.82) is 0 Å². The second kappa shape index (κ2) is 5.44. The number of nitrogens with one attached hydrogen (secondary N) is 1. The van der Waals surface area contributed by atoms with Crippen LogP contribution in [0.2, 0.25) is 0 Å². The molecule has 90 valence electrons. The molecule has 0 saturated heterocycles. The lowest BCUT2D eigenvalue weighted by molar-refractivity contribution is 0.0925. The molecule has 17 heavy (non-hydrogen) atoms. The van der Waals surface area contributed by atoms with Crippen molar-refractivity contribution in [3.8, 4) is 0 Å². The highest BCUT2D eigenvalue weighted by molar-refractivity contribution is 7.15. The van der Waals surface area contributed by atoms with Crippen molar-refractivity contribution in [1.82, 2.24) is 15.5 Å². The Bertz CT molecular complexity index is 480. The highest BCUT2D eigenvalue weighted by Crippen LogP contribution is 2.12. The molecule has 0 aliphatic carbocycles. The van der Waals surface area contributed by atoms with E-state index in [2.05, 4.69) is 15.5 Å². The topological polar surface area (TPSA) is 94.0 Å². The Kier molecular flexibility index (Phi) is 3.71. The van der Waals surface area contributed by atoms with E-state index in [1.54, 1.807) is 12.1 Å². The molecule has 0 spiro atoms. The zero-order valence-electron chi connectivity index (χ0n) is 9.05. The third-order valence-corrected chi connectivity index (χ3v) is 2.89. The predicted molar refractivity (Wildman–Crippen MR) is 63.7 cm³/mol. The maximum Gasteiger partial charge on any atom is 0.286 e. The summed E-state index contributed by atoms with van der Waals surface area (Å²) < 4.78 is 4.97. The smallest absolute Gasteiger partial charge is 0.286 e. The minimum atomic E-state index is -0.202. The van der Waals surface area contributed by atoms with Crippen LogP contribution in [0.4, 0.5) is 5.13 Å². The van der Waals surface area contributed by atoms with Crippen LogP contribution in [0.1, 0.15) is 22.0 Å². The zero-order valence-corrected chi connectivity index (χ0v) is 9.87. The van der Waals surface area contributed by atoms with Crippen LogP contribution >= 0.6 is 11.3 Å². The molecule has 0 saturated carbocycles. The summed E-state index contributed by atoms with van der Waals surface area (Å²) in [5, 5.41) is 11.7. The molecule has 7 heteroatoms. The van der Waals surface area contributed by atoms with Gasteiger partial charge in [0.2, 0.25) is 5.13 Å². The van der Waals surface area contributed by atoms with Crippen LogP contribution in [-0.2, 0) is 6.42 Å². The first kappa shape index (κ1) is 11.6. The number of hydrogen-bond acceptors (Lipinski definition) is 6. The molecule has 6 nitrogen and oxygen atoms in total. The van der Waals surface area contributed by atoms with Crippen LogP contribution in [0.5, 0.6) is 0 Å². The number of aromatic nitrogens is 2. The molecule has 0 aliphatic heterocycles. The number of amides is 1. The molecule has 0 radical (unpaired) electrons. The van der Waals surface area contributed by atoms with Gasteiger partial charge >= 0.3 is 0 Å². The van der Waals surface area contributed by atoms with Crippen LogP contribution in [-0.4, -0.2) is 22.6 Å². The molecular weight excluding hydrogens is 240 g/mol. The molecule has 0 aliphatic rings. The zero-order chi connectivity index (χ0) is 12.1. The standard InChI is InChI=1S/C10H12N4O2S/c11-10-14-13-8(17-10)4-1-5-12-9(15)7-3-2-6-16-7/h2-3,6H,1,4-5H2,(H2,11,14)(H,12,15). The molecule has 0 aromatic carbocycles. The van der Waals surface area contributed by atoms with Gasteiger partial charge in [0.1, 0.15) is 5.01 Å². The Labute approximate surface area is 102 Å². The second-order valence-corrected chi connectivity index (χ2v) is 4.46. The first-order chi connectivity index (χ1) is 8.25. The fraction of sp³-hybridized carbons (Fsp3) is 0.300. The van der Waals surface area contributed by atoms with Gasteiger partial charge in [-0.2, -0.15) is 0 Å². The lowest BCUT2D eigenvalue weighted by atomic mass is 10.3. The molecule has 2 aromatic heterocycles. The van der Waals surface area contributed by atoms with E-state index < -0.39 is 0 Å². The summed E-state index contributed by atoms with van der Waals surface area (Å²) in [4.78, 5) is 11.5. The summed E-state index contributed by atoms with van der Waals surface area (Å²) in [6.45, 7) is 0.568. The number of nitrogen functional groups attached to an aromatic ring is 1. The number of nitrogens with zero attached hydrogens (tertiary/aromatic N) is 2. The molecule has 1 amide bonds. The van der Waals surface area contributed by atoms with Crippen molar-refractivity contribution < 1.29 is 9.21 Å². The molecule has 0 bridgehead atoms. The Balaban J connectivity index is 1.68. The number of rotatable bonds is 5. The Hall–Kier alpha value is -1.89. The van der Waals surface area contributed by atoms with E-state index >= 15 is 0 Å². The van der Waals surface area contributed by atoms with E-state index in [0.29, 0.717) is 17.4 Å². The highest BCUT2D eigenvalue weighted by atomic mass is 32.1. The molecule has 0 fully saturated rings. The summed E-state index contributed by atoms with van der Waals surface area (Å²) in [7, 11) is 0. The van der Waals surface area contributed by atoms with Crippen molar-refractivity contribution >= 4 is 22.4 Å². The van der Waals surface area contributed by atoms with Gasteiger partial charge in [0.25, 0.3) is 5.91 Å². The molecular formula is C10H12N4O2S.